The standard InChI is InChI=1S/C22H29N5O9S2/c1-11(2)5-6-34-22(31)36-10-35-20(30)16-12(7-32-3)8-37-19-15(18(29)27(16)19)25-17(28)14(26-33-4)13-9-38-21(23)24-13/h9,11,15,19H,5-8,10H2,1-4H3,(H2,23,24)(H,25,28)/b26-14-/t15-,19-/m1/s1. The summed E-state index contributed by atoms with van der Waals surface area (Å²) in [6.07, 6.45) is -0.313. The zero-order chi connectivity index (χ0) is 27.8. The van der Waals surface area contributed by atoms with Gasteiger partial charge in [0, 0.05) is 18.2 Å². The Labute approximate surface area is 226 Å². The number of fused-ring (bicyclic) bond motifs is 1. The number of carbonyl (C=O) groups excluding carboxylic acids is 4. The summed E-state index contributed by atoms with van der Waals surface area (Å²) in [4.78, 5) is 60.6. The molecule has 0 aliphatic carbocycles. The summed E-state index contributed by atoms with van der Waals surface area (Å²) in [5.41, 5.74) is 6.17. The lowest BCUT2D eigenvalue weighted by Gasteiger charge is -2.49. The first-order chi connectivity index (χ1) is 18.2. The molecule has 0 unspecified atom stereocenters. The van der Waals surface area contributed by atoms with E-state index in [0.29, 0.717) is 23.7 Å². The summed E-state index contributed by atoms with van der Waals surface area (Å²) in [5, 5.41) is 7.50. The predicted molar refractivity (Wildman–Crippen MR) is 137 cm³/mol. The van der Waals surface area contributed by atoms with Crippen LogP contribution in [0.1, 0.15) is 26.0 Å². The van der Waals surface area contributed by atoms with E-state index in [9.17, 15) is 19.2 Å². The summed E-state index contributed by atoms with van der Waals surface area (Å²) >= 11 is 2.45. The molecule has 1 fully saturated rings. The third kappa shape index (κ3) is 6.93. The molecule has 0 spiro atoms. The van der Waals surface area contributed by atoms with Crippen molar-refractivity contribution < 1.29 is 43.0 Å². The van der Waals surface area contributed by atoms with E-state index in [1.807, 2.05) is 13.8 Å². The Morgan fingerprint density at radius 1 is 1.26 bits per heavy atom. The minimum absolute atomic E-state index is 0.0269. The van der Waals surface area contributed by atoms with Gasteiger partial charge in [-0.15, -0.1) is 23.1 Å². The van der Waals surface area contributed by atoms with Gasteiger partial charge in [0.15, 0.2) is 10.8 Å². The highest BCUT2D eigenvalue weighted by Gasteiger charge is 2.54. The molecular weight excluding hydrogens is 542 g/mol. The van der Waals surface area contributed by atoms with Crippen molar-refractivity contribution in [3.8, 4) is 0 Å². The van der Waals surface area contributed by atoms with Crippen LogP contribution >= 0.6 is 23.1 Å². The van der Waals surface area contributed by atoms with Crippen molar-refractivity contribution in [2.24, 2.45) is 11.1 Å². The Hall–Kier alpha value is -3.37. The monoisotopic (exact) mass is 571 g/mol. The Balaban J connectivity index is 1.65. The molecule has 2 amide bonds. The number of thioether (sulfide) groups is 1. The molecule has 16 heteroatoms. The average molecular weight is 572 g/mol. The van der Waals surface area contributed by atoms with Gasteiger partial charge in [-0.2, -0.15) is 0 Å². The molecule has 3 rings (SSSR count). The lowest BCUT2D eigenvalue weighted by Crippen LogP contribution is -2.71. The zero-order valence-electron chi connectivity index (χ0n) is 21.3. The Morgan fingerprint density at radius 3 is 2.66 bits per heavy atom. The van der Waals surface area contributed by atoms with Gasteiger partial charge in [-0.1, -0.05) is 19.0 Å². The van der Waals surface area contributed by atoms with Crippen LogP contribution in [0.3, 0.4) is 0 Å². The van der Waals surface area contributed by atoms with Gasteiger partial charge in [0.2, 0.25) is 6.79 Å². The molecule has 14 nitrogen and oxygen atoms in total. The number of ether oxygens (including phenoxy) is 4. The first-order valence-electron chi connectivity index (χ1n) is 11.4. The number of carbonyl (C=O) groups is 4. The van der Waals surface area contributed by atoms with E-state index >= 15 is 0 Å². The van der Waals surface area contributed by atoms with Crippen LogP contribution in [0.5, 0.6) is 0 Å². The number of hydrogen-bond acceptors (Lipinski definition) is 14. The van der Waals surface area contributed by atoms with Gasteiger partial charge in [0.05, 0.1) is 13.2 Å². The van der Waals surface area contributed by atoms with Crippen LogP contribution in [-0.4, -0.2) is 90.9 Å². The number of rotatable bonds is 12. The minimum Gasteiger partial charge on any atom is -0.434 e. The summed E-state index contributed by atoms with van der Waals surface area (Å²) in [7, 11) is 2.72. The highest BCUT2D eigenvalue weighted by atomic mass is 32.2. The molecule has 2 aliphatic heterocycles. The minimum atomic E-state index is -0.972. The molecule has 2 atom stereocenters. The quantitative estimate of drug-likeness (QED) is 0.120. The molecule has 0 radical (unpaired) electrons. The molecule has 3 N–H and O–H groups in total. The maximum atomic E-state index is 13.1. The number of aromatic nitrogens is 1. The predicted octanol–water partition coefficient (Wildman–Crippen LogP) is 1.08. The van der Waals surface area contributed by atoms with E-state index in [1.165, 1.54) is 36.3 Å². The van der Waals surface area contributed by atoms with Gasteiger partial charge < -0.3 is 34.8 Å². The zero-order valence-corrected chi connectivity index (χ0v) is 22.9. The van der Waals surface area contributed by atoms with Crippen LogP contribution in [0.25, 0.3) is 0 Å². The lowest BCUT2D eigenvalue weighted by molar-refractivity contribution is -0.157. The van der Waals surface area contributed by atoms with Crippen LogP contribution in [0, 0.1) is 5.92 Å². The molecule has 1 saturated heterocycles. The fourth-order valence-electron chi connectivity index (χ4n) is 3.48. The van der Waals surface area contributed by atoms with Gasteiger partial charge in [-0.3, -0.25) is 14.5 Å². The number of nitrogen functional groups attached to an aromatic ring is 1. The molecular formula is C22H29N5O9S2. The Bertz CT molecular complexity index is 1120. The molecule has 1 aromatic heterocycles. The summed E-state index contributed by atoms with van der Waals surface area (Å²) < 4.78 is 20.0. The molecule has 3 heterocycles. The van der Waals surface area contributed by atoms with Gasteiger partial charge in [0.1, 0.15) is 29.9 Å². The van der Waals surface area contributed by atoms with Crippen molar-refractivity contribution in [2.45, 2.75) is 31.7 Å². The number of nitrogens with one attached hydrogen (secondary N) is 1. The summed E-state index contributed by atoms with van der Waals surface area (Å²) in [5.74, 6) is -1.44. The number of nitrogens with zero attached hydrogens (tertiary/aromatic N) is 3. The number of hydrogen-bond donors (Lipinski definition) is 2. The molecule has 2 aliphatic rings. The van der Waals surface area contributed by atoms with Crippen LogP contribution in [0.15, 0.2) is 21.8 Å². The summed E-state index contributed by atoms with van der Waals surface area (Å²) in [6, 6.07) is -0.954. The van der Waals surface area contributed by atoms with Crippen molar-refractivity contribution >= 4 is 57.9 Å². The lowest BCUT2D eigenvalue weighted by atomic mass is 10.0. The van der Waals surface area contributed by atoms with Crippen LogP contribution in [0.2, 0.25) is 0 Å². The first-order valence-corrected chi connectivity index (χ1v) is 13.4. The van der Waals surface area contributed by atoms with Crippen LogP contribution in [0.4, 0.5) is 9.93 Å². The highest BCUT2D eigenvalue weighted by molar-refractivity contribution is 8.00. The number of nitrogens with two attached hydrogens (primary N) is 1. The van der Waals surface area contributed by atoms with Crippen LogP contribution in [-0.2, 0) is 38.2 Å². The fraction of sp³-hybridized carbons (Fsp3) is 0.545. The average Bonchev–Trinajstić information content (AvgIpc) is 3.30. The maximum Gasteiger partial charge on any atom is 0.511 e. The SMILES string of the molecule is COCC1=C(C(=O)OCOC(=O)OCCC(C)C)N2C(=O)[C@@H](NC(=O)/C(=N\OC)c3csc(N)n3)[C@H]2SC1. The maximum absolute atomic E-state index is 13.1. The second kappa shape index (κ2) is 13.4. The molecule has 38 heavy (non-hydrogen) atoms. The van der Waals surface area contributed by atoms with Crippen molar-refractivity contribution in [2.75, 3.05) is 45.7 Å². The van der Waals surface area contributed by atoms with Crippen molar-refractivity contribution in [3.63, 3.8) is 0 Å². The molecule has 0 saturated carbocycles. The number of amides is 2. The van der Waals surface area contributed by atoms with Gasteiger partial charge >= 0.3 is 12.1 Å². The second-order valence-corrected chi connectivity index (χ2v) is 10.4. The van der Waals surface area contributed by atoms with E-state index in [0.717, 1.165) is 11.3 Å². The number of thiazole rings is 1. The Kier molecular flexibility index (Phi) is 10.3. The van der Waals surface area contributed by atoms with E-state index in [2.05, 4.69) is 15.5 Å². The van der Waals surface area contributed by atoms with Gasteiger partial charge in [-0.05, 0) is 17.9 Å². The number of anilines is 1. The van der Waals surface area contributed by atoms with E-state index in [-0.39, 0.29) is 35.4 Å². The topological polar surface area (TPSA) is 181 Å². The van der Waals surface area contributed by atoms with Crippen LogP contribution < -0.4 is 11.1 Å². The number of methoxy groups -OCH3 is 1. The highest BCUT2D eigenvalue weighted by Crippen LogP contribution is 2.40. The molecule has 208 valence electrons. The molecule has 0 aromatic carbocycles. The number of oxime groups is 1. The van der Waals surface area contributed by atoms with Gasteiger partial charge in [-0.25, -0.2) is 14.6 Å². The first kappa shape index (κ1) is 29.2. The van der Waals surface area contributed by atoms with E-state index < -0.39 is 42.1 Å². The van der Waals surface area contributed by atoms with Crippen molar-refractivity contribution in [1.82, 2.24) is 15.2 Å². The third-order valence-corrected chi connectivity index (χ3v) is 7.30. The second-order valence-electron chi connectivity index (χ2n) is 8.41. The number of β-lactam (4-membered cyclic amide) rings is 1. The normalized spacial score (nSPS) is 19.0. The van der Waals surface area contributed by atoms with E-state index in [4.69, 9.17) is 29.5 Å². The Morgan fingerprint density at radius 2 is 2.03 bits per heavy atom. The smallest absolute Gasteiger partial charge is 0.434 e. The van der Waals surface area contributed by atoms with Gasteiger partial charge in [0.25, 0.3) is 11.8 Å². The molecule has 1 aromatic rings. The molecule has 0 bridgehead atoms. The number of esters is 1. The third-order valence-electron chi connectivity index (χ3n) is 5.29. The van der Waals surface area contributed by atoms with Crippen molar-refractivity contribution in [3.05, 3.63) is 22.3 Å². The van der Waals surface area contributed by atoms with E-state index in [1.54, 1.807) is 0 Å². The largest absolute Gasteiger partial charge is 0.511 e. The van der Waals surface area contributed by atoms with Crippen molar-refractivity contribution in [1.29, 1.82) is 0 Å². The fourth-order valence-corrected chi connectivity index (χ4v) is 5.35. The summed E-state index contributed by atoms with van der Waals surface area (Å²) in [6.45, 7) is 3.51.